The second kappa shape index (κ2) is 4.22. The number of benzene rings is 1. The third kappa shape index (κ3) is 1.95. The Labute approximate surface area is 99.1 Å². The molecule has 0 saturated heterocycles. The van der Waals surface area contributed by atoms with Gasteiger partial charge in [-0.25, -0.2) is 0 Å². The van der Waals surface area contributed by atoms with Gasteiger partial charge in [-0.15, -0.1) is 10.2 Å². The van der Waals surface area contributed by atoms with Crippen molar-refractivity contribution in [2.24, 2.45) is 0 Å². The van der Waals surface area contributed by atoms with Crippen LogP contribution in [0.3, 0.4) is 0 Å². The van der Waals surface area contributed by atoms with E-state index in [4.69, 9.17) is 0 Å². The summed E-state index contributed by atoms with van der Waals surface area (Å²) in [6, 6.07) is 16.0. The van der Waals surface area contributed by atoms with Gasteiger partial charge in [0.1, 0.15) is 0 Å². The van der Waals surface area contributed by atoms with Gasteiger partial charge in [-0.1, -0.05) is 42.5 Å². The summed E-state index contributed by atoms with van der Waals surface area (Å²) in [6.45, 7) is 0. The summed E-state index contributed by atoms with van der Waals surface area (Å²) in [4.78, 5) is 0. The Balaban J connectivity index is 1.98. The lowest BCUT2D eigenvalue weighted by Crippen LogP contribution is -1.85. The molecule has 1 aromatic carbocycles. The topological polar surface area (TPSA) is 30.2 Å². The summed E-state index contributed by atoms with van der Waals surface area (Å²) < 4.78 is 1.96. The summed E-state index contributed by atoms with van der Waals surface area (Å²) in [6.07, 6.45) is 5.96. The van der Waals surface area contributed by atoms with Crippen molar-refractivity contribution >= 4 is 17.8 Å². The van der Waals surface area contributed by atoms with Gasteiger partial charge in [0.25, 0.3) is 0 Å². The fourth-order valence-corrected chi connectivity index (χ4v) is 1.71. The predicted octanol–water partition coefficient (Wildman–Crippen LogP) is 2.90. The molecule has 2 heterocycles. The Kier molecular flexibility index (Phi) is 2.43. The molecule has 3 aromatic rings. The highest BCUT2D eigenvalue weighted by atomic mass is 15.2. The minimum Gasteiger partial charge on any atom is -0.283 e. The van der Waals surface area contributed by atoms with Gasteiger partial charge in [0.2, 0.25) is 0 Å². The first-order valence-corrected chi connectivity index (χ1v) is 5.46. The average Bonchev–Trinajstić information content (AvgIpc) is 2.81. The third-order valence-corrected chi connectivity index (χ3v) is 2.56. The van der Waals surface area contributed by atoms with E-state index in [-0.39, 0.29) is 0 Å². The lowest BCUT2D eigenvalue weighted by Gasteiger charge is -1.93. The minimum absolute atomic E-state index is 0.837. The molecule has 17 heavy (non-hydrogen) atoms. The van der Waals surface area contributed by atoms with Crippen LogP contribution in [0.15, 0.2) is 54.7 Å². The molecule has 0 saturated carbocycles. The zero-order valence-electron chi connectivity index (χ0n) is 9.19. The van der Waals surface area contributed by atoms with Crippen molar-refractivity contribution in [2.75, 3.05) is 0 Å². The van der Waals surface area contributed by atoms with Crippen LogP contribution in [0, 0.1) is 0 Å². The first kappa shape index (κ1) is 9.78. The van der Waals surface area contributed by atoms with Gasteiger partial charge in [0.05, 0.1) is 0 Å². The van der Waals surface area contributed by atoms with Gasteiger partial charge < -0.3 is 0 Å². The molecule has 3 heteroatoms. The van der Waals surface area contributed by atoms with E-state index in [1.807, 2.05) is 59.1 Å². The van der Waals surface area contributed by atoms with E-state index in [0.29, 0.717) is 0 Å². The summed E-state index contributed by atoms with van der Waals surface area (Å²) in [5.41, 5.74) is 2.01. The molecular weight excluding hydrogens is 210 g/mol. The molecule has 0 aliphatic carbocycles. The number of hydrogen-bond acceptors (Lipinski definition) is 2. The number of fused-ring (bicyclic) bond motifs is 1. The maximum absolute atomic E-state index is 4.14. The summed E-state index contributed by atoms with van der Waals surface area (Å²) in [5.74, 6) is 0.837. The Bertz CT molecular complexity index is 653. The summed E-state index contributed by atoms with van der Waals surface area (Å²) >= 11 is 0. The molecule has 3 nitrogen and oxygen atoms in total. The smallest absolute Gasteiger partial charge is 0.161 e. The molecule has 82 valence electrons. The molecular formula is C14H11N3. The van der Waals surface area contributed by atoms with Crippen LogP contribution in [0.2, 0.25) is 0 Å². The predicted molar refractivity (Wildman–Crippen MR) is 68.4 cm³/mol. The van der Waals surface area contributed by atoms with Crippen molar-refractivity contribution in [3.8, 4) is 0 Å². The normalized spacial score (nSPS) is 11.3. The van der Waals surface area contributed by atoms with Crippen molar-refractivity contribution < 1.29 is 0 Å². The standard InChI is InChI=1S/C14H11N3/c1-2-6-12(7-3-1)9-10-14-16-15-13-8-4-5-11-17(13)14/h1-11H. The maximum atomic E-state index is 4.14. The Hall–Kier alpha value is -2.42. The first-order chi connectivity index (χ1) is 8.43. The van der Waals surface area contributed by atoms with Crippen molar-refractivity contribution in [3.63, 3.8) is 0 Å². The lowest BCUT2D eigenvalue weighted by atomic mass is 10.2. The largest absolute Gasteiger partial charge is 0.283 e. The molecule has 0 aliphatic heterocycles. The van der Waals surface area contributed by atoms with Crippen LogP contribution in [0.5, 0.6) is 0 Å². The van der Waals surface area contributed by atoms with E-state index in [1.54, 1.807) is 0 Å². The number of hydrogen-bond donors (Lipinski definition) is 0. The zero-order chi connectivity index (χ0) is 11.5. The van der Waals surface area contributed by atoms with Crippen molar-refractivity contribution in [3.05, 3.63) is 66.1 Å². The van der Waals surface area contributed by atoms with Crippen LogP contribution in [-0.4, -0.2) is 14.6 Å². The molecule has 0 radical (unpaired) electrons. The van der Waals surface area contributed by atoms with Gasteiger partial charge >= 0.3 is 0 Å². The Morgan fingerprint density at radius 1 is 0.824 bits per heavy atom. The van der Waals surface area contributed by atoms with Crippen molar-refractivity contribution in [2.45, 2.75) is 0 Å². The van der Waals surface area contributed by atoms with Crippen LogP contribution < -0.4 is 0 Å². The van der Waals surface area contributed by atoms with Gasteiger partial charge in [-0.2, -0.15) is 0 Å². The average molecular weight is 221 g/mol. The van der Waals surface area contributed by atoms with Crippen LogP contribution in [-0.2, 0) is 0 Å². The fourth-order valence-electron chi connectivity index (χ4n) is 1.71. The molecule has 0 atom stereocenters. The quantitative estimate of drug-likeness (QED) is 0.666. The van der Waals surface area contributed by atoms with Crippen LogP contribution in [0.1, 0.15) is 11.4 Å². The van der Waals surface area contributed by atoms with Gasteiger partial charge in [-0.05, 0) is 23.8 Å². The van der Waals surface area contributed by atoms with Gasteiger partial charge in [0.15, 0.2) is 11.5 Å². The molecule has 3 rings (SSSR count). The lowest BCUT2D eigenvalue weighted by molar-refractivity contribution is 1.08. The van der Waals surface area contributed by atoms with Crippen LogP contribution >= 0.6 is 0 Å². The number of aromatic nitrogens is 3. The first-order valence-electron chi connectivity index (χ1n) is 5.46. The highest BCUT2D eigenvalue weighted by molar-refractivity contribution is 5.67. The molecule has 0 unspecified atom stereocenters. The Morgan fingerprint density at radius 2 is 1.65 bits per heavy atom. The summed E-state index contributed by atoms with van der Waals surface area (Å²) in [5, 5.41) is 8.23. The highest BCUT2D eigenvalue weighted by Gasteiger charge is 1.99. The fraction of sp³-hybridized carbons (Fsp3) is 0. The molecule has 0 N–H and O–H groups in total. The Morgan fingerprint density at radius 3 is 2.53 bits per heavy atom. The second-order valence-corrected chi connectivity index (χ2v) is 3.73. The third-order valence-electron chi connectivity index (χ3n) is 2.56. The van der Waals surface area contributed by atoms with Crippen molar-refractivity contribution in [1.82, 2.24) is 14.6 Å². The molecule has 0 amide bonds. The molecule has 0 aliphatic rings. The van der Waals surface area contributed by atoms with E-state index >= 15 is 0 Å². The van der Waals surface area contributed by atoms with Crippen molar-refractivity contribution in [1.29, 1.82) is 0 Å². The van der Waals surface area contributed by atoms with E-state index < -0.39 is 0 Å². The maximum Gasteiger partial charge on any atom is 0.161 e. The molecule has 0 bridgehead atoms. The molecule has 0 fully saturated rings. The monoisotopic (exact) mass is 221 g/mol. The number of pyridine rings is 1. The molecule has 2 aromatic heterocycles. The van der Waals surface area contributed by atoms with Gasteiger partial charge in [-0.3, -0.25) is 4.40 Å². The molecule has 0 spiro atoms. The zero-order valence-corrected chi connectivity index (χ0v) is 9.19. The van der Waals surface area contributed by atoms with E-state index in [2.05, 4.69) is 22.3 Å². The number of rotatable bonds is 2. The van der Waals surface area contributed by atoms with Crippen LogP contribution in [0.4, 0.5) is 0 Å². The summed E-state index contributed by atoms with van der Waals surface area (Å²) in [7, 11) is 0. The van der Waals surface area contributed by atoms with E-state index in [9.17, 15) is 0 Å². The van der Waals surface area contributed by atoms with Crippen LogP contribution in [0.25, 0.3) is 17.8 Å². The highest BCUT2D eigenvalue weighted by Crippen LogP contribution is 2.08. The number of nitrogens with zero attached hydrogens (tertiary/aromatic N) is 3. The van der Waals surface area contributed by atoms with Gasteiger partial charge in [0, 0.05) is 6.20 Å². The van der Waals surface area contributed by atoms with E-state index in [1.165, 1.54) is 0 Å². The second-order valence-electron chi connectivity index (χ2n) is 3.73. The SMILES string of the molecule is C(=Cc1nnc2ccccn12)c1ccccc1. The minimum atomic E-state index is 0.837. The van der Waals surface area contributed by atoms with E-state index in [0.717, 1.165) is 17.0 Å².